The molecule has 0 bridgehead atoms. The van der Waals surface area contributed by atoms with Crippen molar-refractivity contribution in [3.05, 3.63) is 41.8 Å². The Bertz CT molecular complexity index is 242. The monoisotopic (exact) mass is 131 g/mol. The maximum Gasteiger partial charge on any atom is 0.0370 e. The van der Waals surface area contributed by atoms with E-state index in [1.807, 2.05) is 12.1 Å². The lowest BCUT2D eigenvalue weighted by molar-refractivity contribution is 0.869. The fraction of sp³-hybridized carbons (Fsp3) is 0.222. The van der Waals surface area contributed by atoms with E-state index < -0.39 is 0 Å². The van der Waals surface area contributed by atoms with Gasteiger partial charge >= 0.3 is 0 Å². The molecule has 1 heteroatoms. The first kappa shape index (κ1) is 5.93. The predicted molar refractivity (Wildman–Crippen MR) is 40.3 cm³/mol. The Hall–Kier alpha value is -0.820. The van der Waals surface area contributed by atoms with E-state index in [4.69, 9.17) is 5.73 Å². The minimum absolute atomic E-state index is 0.0520. The van der Waals surface area contributed by atoms with Gasteiger partial charge in [-0.1, -0.05) is 24.3 Å². The third-order valence-electron chi connectivity index (χ3n) is 1.90. The van der Waals surface area contributed by atoms with Crippen LogP contribution in [-0.4, -0.2) is 0 Å². The van der Waals surface area contributed by atoms with Gasteiger partial charge in [-0.2, -0.15) is 0 Å². The van der Waals surface area contributed by atoms with Crippen molar-refractivity contribution in [3.63, 3.8) is 0 Å². The van der Waals surface area contributed by atoms with Crippen molar-refractivity contribution >= 4 is 0 Å². The van der Waals surface area contributed by atoms with Crippen LogP contribution in [0, 0.1) is 6.42 Å². The van der Waals surface area contributed by atoms with E-state index in [1.165, 1.54) is 11.1 Å². The molecule has 1 unspecified atom stereocenters. The van der Waals surface area contributed by atoms with Gasteiger partial charge in [0.25, 0.3) is 0 Å². The van der Waals surface area contributed by atoms with E-state index in [9.17, 15) is 0 Å². The number of benzene rings is 1. The van der Waals surface area contributed by atoms with E-state index in [0.717, 1.165) is 6.42 Å². The smallest absolute Gasteiger partial charge is 0.0370 e. The lowest BCUT2D eigenvalue weighted by atomic mass is 10.1. The molecule has 10 heavy (non-hydrogen) atoms. The average molecular weight is 131 g/mol. The highest BCUT2D eigenvalue weighted by molar-refractivity contribution is 5.37. The molecule has 1 nitrogen and oxygen atoms in total. The molecule has 1 aliphatic rings. The van der Waals surface area contributed by atoms with Crippen molar-refractivity contribution in [2.45, 2.75) is 12.5 Å². The summed E-state index contributed by atoms with van der Waals surface area (Å²) < 4.78 is 0. The van der Waals surface area contributed by atoms with Crippen LogP contribution < -0.4 is 5.73 Å². The highest BCUT2D eigenvalue weighted by atomic mass is 14.6. The molecular weight excluding hydrogens is 122 g/mol. The third-order valence-corrected chi connectivity index (χ3v) is 1.90. The van der Waals surface area contributed by atoms with Crippen LogP contribution in [-0.2, 0) is 6.42 Å². The number of rotatable bonds is 0. The van der Waals surface area contributed by atoms with Crippen LogP contribution >= 0.6 is 0 Å². The molecule has 0 fully saturated rings. The lowest BCUT2D eigenvalue weighted by Gasteiger charge is -2.01. The average Bonchev–Trinajstić information content (AvgIpc) is 2.34. The summed E-state index contributed by atoms with van der Waals surface area (Å²) in [5.74, 6) is 0. The first-order valence-electron chi connectivity index (χ1n) is 3.45. The molecule has 0 saturated carbocycles. The molecule has 0 spiro atoms. The Kier molecular flexibility index (Phi) is 1.24. The Labute approximate surface area is 60.9 Å². The number of hydrogen-bond donors (Lipinski definition) is 1. The summed E-state index contributed by atoms with van der Waals surface area (Å²) in [7, 11) is 0. The molecular formula is C9H9N. The number of hydrogen-bond acceptors (Lipinski definition) is 1. The first-order chi connectivity index (χ1) is 4.88. The molecule has 1 aromatic carbocycles. The first-order valence-corrected chi connectivity index (χ1v) is 3.45. The van der Waals surface area contributed by atoms with Crippen LogP contribution in [0.4, 0.5) is 0 Å². The van der Waals surface area contributed by atoms with Crippen LogP contribution in [0.25, 0.3) is 0 Å². The predicted octanol–water partition coefficient (Wildman–Crippen LogP) is 1.32. The molecule has 0 saturated heterocycles. The van der Waals surface area contributed by atoms with Gasteiger partial charge in [-0.25, -0.2) is 0 Å². The fourth-order valence-corrected chi connectivity index (χ4v) is 1.33. The van der Waals surface area contributed by atoms with E-state index in [1.54, 1.807) is 0 Å². The summed E-state index contributed by atoms with van der Waals surface area (Å²) in [5, 5.41) is 0. The van der Waals surface area contributed by atoms with Gasteiger partial charge in [0.2, 0.25) is 0 Å². The van der Waals surface area contributed by atoms with Crippen LogP contribution in [0.3, 0.4) is 0 Å². The topological polar surface area (TPSA) is 26.0 Å². The fourth-order valence-electron chi connectivity index (χ4n) is 1.33. The molecule has 2 rings (SSSR count). The molecule has 1 aliphatic carbocycles. The van der Waals surface area contributed by atoms with Gasteiger partial charge in [-0.05, 0) is 17.5 Å². The SMILES string of the molecule is NC1[C]Cc2ccccc21. The zero-order valence-corrected chi connectivity index (χ0v) is 5.67. The molecule has 0 amide bonds. The second kappa shape index (κ2) is 2.10. The highest BCUT2D eigenvalue weighted by Gasteiger charge is 2.17. The van der Waals surface area contributed by atoms with Gasteiger partial charge in [-0.15, -0.1) is 0 Å². The Morgan fingerprint density at radius 1 is 1.40 bits per heavy atom. The van der Waals surface area contributed by atoms with E-state index >= 15 is 0 Å². The third kappa shape index (κ3) is 0.745. The molecule has 1 atom stereocenters. The molecule has 1 aromatic rings. The molecule has 0 aliphatic heterocycles. The maximum atomic E-state index is 5.74. The quantitative estimate of drug-likeness (QED) is 0.564. The zero-order valence-electron chi connectivity index (χ0n) is 5.67. The highest BCUT2D eigenvalue weighted by Crippen LogP contribution is 2.27. The second-order valence-electron chi connectivity index (χ2n) is 2.56. The van der Waals surface area contributed by atoms with Crippen molar-refractivity contribution in [1.29, 1.82) is 0 Å². The Morgan fingerprint density at radius 2 is 2.20 bits per heavy atom. The van der Waals surface area contributed by atoms with Crippen molar-refractivity contribution in [1.82, 2.24) is 0 Å². The standard InChI is InChI=1S/C9H9N/c10-9-6-5-7-3-1-2-4-8(7)9/h1-4,9H,5,10H2. The number of fused-ring (bicyclic) bond motifs is 1. The van der Waals surface area contributed by atoms with Crippen molar-refractivity contribution < 1.29 is 0 Å². The summed E-state index contributed by atoms with van der Waals surface area (Å²) in [6, 6.07) is 8.29. The normalized spacial score (nSPS) is 22.7. The van der Waals surface area contributed by atoms with Gasteiger partial charge in [0, 0.05) is 12.5 Å². The van der Waals surface area contributed by atoms with Gasteiger partial charge < -0.3 is 5.73 Å². The van der Waals surface area contributed by atoms with Crippen molar-refractivity contribution in [2.24, 2.45) is 5.73 Å². The number of nitrogens with two attached hydrogens (primary N) is 1. The van der Waals surface area contributed by atoms with E-state index in [2.05, 4.69) is 18.6 Å². The van der Waals surface area contributed by atoms with Crippen LogP contribution in [0.1, 0.15) is 17.2 Å². The summed E-state index contributed by atoms with van der Waals surface area (Å²) in [6.45, 7) is 0. The molecule has 0 heterocycles. The van der Waals surface area contributed by atoms with Crippen molar-refractivity contribution in [3.8, 4) is 0 Å². The minimum atomic E-state index is 0.0520. The molecule has 2 N–H and O–H groups in total. The summed E-state index contributed by atoms with van der Waals surface area (Å²) >= 11 is 0. The van der Waals surface area contributed by atoms with Crippen LogP contribution in [0.2, 0.25) is 0 Å². The van der Waals surface area contributed by atoms with Gasteiger partial charge in [-0.3, -0.25) is 0 Å². The van der Waals surface area contributed by atoms with Gasteiger partial charge in [0.05, 0.1) is 0 Å². The Morgan fingerprint density at radius 3 is 3.00 bits per heavy atom. The summed E-state index contributed by atoms with van der Waals surface area (Å²) in [6.07, 6.45) is 4.08. The summed E-state index contributed by atoms with van der Waals surface area (Å²) in [5.41, 5.74) is 8.30. The van der Waals surface area contributed by atoms with Gasteiger partial charge in [0.15, 0.2) is 0 Å². The van der Waals surface area contributed by atoms with E-state index in [-0.39, 0.29) is 6.04 Å². The second-order valence-corrected chi connectivity index (χ2v) is 2.56. The maximum absolute atomic E-state index is 5.74. The Balaban J connectivity index is 2.51. The largest absolute Gasteiger partial charge is 0.323 e. The lowest BCUT2D eigenvalue weighted by Crippen LogP contribution is -2.05. The van der Waals surface area contributed by atoms with Crippen molar-refractivity contribution in [2.75, 3.05) is 0 Å². The van der Waals surface area contributed by atoms with E-state index in [0.29, 0.717) is 0 Å². The minimum Gasteiger partial charge on any atom is -0.323 e. The van der Waals surface area contributed by atoms with Crippen LogP contribution in [0.5, 0.6) is 0 Å². The molecule has 0 aromatic heterocycles. The van der Waals surface area contributed by atoms with Crippen LogP contribution in [0.15, 0.2) is 24.3 Å². The zero-order chi connectivity index (χ0) is 6.97. The van der Waals surface area contributed by atoms with Gasteiger partial charge in [0.1, 0.15) is 0 Å². The molecule has 2 radical (unpaired) electrons. The molecule has 50 valence electrons. The summed E-state index contributed by atoms with van der Waals surface area (Å²) in [4.78, 5) is 0.